The second kappa shape index (κ2) is 11.3. The number of ether oxygens (including phenoxy) is 1. The molecule has 4 rings (SSSR count). The molecular weight excluding hydrogens is 458 g/mol. The summed E-state index contributed by atoms with van der Waals surface area (Å²) in [4.78, 5) is 42.5. The fourth-order valence-electron chi connectivity index (χ4n) is 4.20. The van der Waals surface area contributed by atoms with E-state index in [0.717, 1.165) is 16.7 Å². The first-order valence-electron chi connectivity index (χ1n) is 12.0. The van der Waals surface area contributed by atoms with Crippen molar-refractivity contribution in [2.75, 3.05) is 26.7 Å². The van der Waals surface area contributed by atoms with Gasteiger partial charge in [-0.3, -0.25) is 19.6 Å². The molecule has 9 nitrogen and oxygen atoms in total. The fourth-order valence-corrected chi connectivity index (χ4v) is 4.20. The monoisotopic (exact) mass is 489 g/mol. The summed E-state index contributed by atoms with van der Waals surface area (Å²) in [6.07, 6.45) is 8.22. The Morgan fingerprint density at radius 1 is 1.19 bits per heavy atom. The minimum absolute atomic E-state index is 0.0578. The highest BCUT2D eigenvalue weighted by Gasteiger charge is 2.34. The lowest BCUT2D eigenvalue weighted by Crippen LogP contribution is -2.50. The van der Waals surface area contributed by atoms with Gasteiger partial charge in [0.1, 0.15) is 11.7 Å². The van der Waals surface area contributed by atoms with Crippen LogP contribution in [0.2, 0.25) is 0 Å². The summed E-state index contributed by atoms with van der Waals surface area (Å²) in [5, 5.41) is 9.85. The fraction of sp³-hybridized carbons (Fsp3) is 0.370. The van der Waals surface area contributed by atoms with E-state index in [9.17, 15) is 14.7 Å². The molecule has 4 heterocycles. The summed E-state index contributed by atoms with van der Waals surface area (Å²) < 4.78 is 6.30. The first-order chi connectivity index (χ1) is 17.4. The highest BCUT2D eigenvalue weighted by Crippen LogP contribution is 2.30. The predicted octanol–water partition coefficient (Wildman–Crippen LogP) is 2.46. The number of rotatable bonds is 7. The van der Waals surface area contributed by atoms with E-state index < -0.39 is 12.1 Å². The van der Waals surface area contributed by atoms with Gasteiger partial charge in [-0.2, -0.15) is 0 Å². The zero-order valence-corrected chi connectivity index (χ0v) is 20.7. The van der Waals surface area contributed by atoms with Gasteiger partial charge in [0.2, 0.25) is 11.8 Å². The SMILES string of the molecule is C[C@@H]1CN([C@H](C)CO)C(=O)c2cc(-c3cccnc3)cnc2O[C@H]1CN(C)C(=O)Cc1cccnc1. The molecule has 3 atom stereocenters. The molecule has 36 heavy (non-hydrogen) atoms. The molecular formula is C27H31N5O4. The van der Waals surface area contributed by atoms with Crippen LogP contribution in [0, 0.1) is 5.92 Å². The van der Waals surface area contributed by atoms with Crippen LogP contribution in [-0.4, -0.2) is 80.6 Å². The lowest BCUT2D eigenvalue weighted by Gasteiger charge is -2.37. The van der Waals surface area contributed by atoms with Gasteiger partial charge in [-0.25, -0.2) is 4.98 Å². The maximum Gasteiger partial charge on any atom is 0.259 e. The molecule has 2 amide bonds. The third-order valence-electron chi connectivity index (χ3n) is 6.47. The van der Waals surface area contributed by atoms with E-state index >= 15 is 0 Å². The average Bonchev–Trinajstić information content (AvgIpc) is 2.91. The van der Waals surface area contributed by atoms with Gasteiger partial charge >= 0.3 is 0 Å². The Balaban J connectivity index is 1.62. The standard InChI is InChI=1S/C27H31N5O4/c1-18-15-32(19(2)17-33)27(35)23-11-22(21-7-5-9-29-13-21)14-30-26(23)36-24(18)16-31(3)25(34)10-20-6-4-8-28-12-20/h4-9,11-14,18-19,24,33H,10,15-17H2,1-3H3/t18-,19-,24+/m1/s1. The largest absolute Gasteiger partial charge is 0.472 e. The Morgan fingerprint density at radius 2 is 1.94 bits per heavy atom. The minimum Gasteiger partial charge on any atom is -0.472 e. The van der Waals surface area contributed by atoms with Gasteiger partial charge < -0.3 is 19.6 Å². The Labute approximate surface area is 210 Å². The van der Waals surface area contributed by atoms with Crippen molar-refractivity contribution in [1.82, 2.24) is 24.8 Å². The van der Waals surface area contributed by atoms with Crippen molar-refractivity contribution in [3.63, 3.8) is 0 Å². The van der Waals surface area contributed by atoms with Crippen molar-refractivity contribution in [2.45, 2.75) is 32.4 Å². The molecule has 0 unspecified atom stereocenters. The van der Waals surface area contributed by atoms with E-state index in [0.29, 0.717) is 18.7 Å². The molecule has 0 saturated carbocycles. The molecule has 0 bridgehead atoms. The summed E-state index contributed by atoms with van der Waals surface area (Å²) in [6, 6.07) is 8.75. The van der Waals surface area contributed by atoms with E-state index in [1.807, 2.05) is 32.0 Å². The van der Waals surface area contributed by atoms with Crippen LogP contribution in [-0.2, 0) is 11.2 Å². The number of pyridine rings is 3. The predicted molar refractivity (Wildman–Crippen MR) is 134 cm³/mol. The van der Waals surface area contributed by atoms with Crippen molar-refractivity contribution < 1.29 is 19.4 Å². The summed E-state index contributed by atoms with van der Waals surface area (Å²) in [7, 11) is 1.74. The number of aliphatic hydroxyl groups excluding tert-OH is 1. The molecule has 0 radical (unpaired) electrons. The number of nitrogens with zero attached hydrogens (tertiary/aromatic N) is 5. The second-order valence-electron chi connectivity index (χ2n) is 9.25. The van der Waals surface area contributed by atoms with Crippen molar-refractivity contribution in [3.05, 3.63) is 72.4 Å². The van der Waals surface area contributed by atoms with E-state index in [-0.39, 0.29) is 36.6 Å². The van der Waals surface area contributed by atoms with E-state index in [1.54, 1.807) is 60.0 Å². The van der Waals surface area contributed by atoms with Crippen LogP contribution in [0.5, 0.6) is 5.88 Å². The van der Waals surface area contributed by atoms with Crippen molar-refractivity contribution in [1.29, 1.82) is 0 Å². The molecule has 0 aliphatic carbocycles. The van der Waals surface area contributed by atoms with Gasteiger partial charge in [-0.1, -0.05) is 19.1 Å². The smallest absolute Gasteiger partial charge is 0.259 e. The third kappa shape index (κ3) is 5.68. The van der Waals surface area contributed by atoms with Crippen molar-refractivity contribution >= 4 is 11.8 Å². The molecule has 0 spiro atoms. The maximum atomic E-state index is 13.6. The molecule has 188 valence electrons. The molecule has 1 aliphatic heterocycles. The summed E-state index contributed by atoms with van der Waals surface area (Å²) in [5.74, 6) is -0.217. The van der Waals surface area contributed by atoms with Crippen LogP contribution in [0.3, 0.4) is 0 Å². The van der Waals surface area contributed by atoms with E-state index in [2.05, 4.69) is 15.0 Å². The zero-order chi connectivity index (χ0) is 25.7. The van der Waals surface area contributed by atoms with Gasteiger partial charge in [-0.15, -0.1) is 0 Å². The number of fused-ring (bicyclic) bond motifs is 1. The number of aromatic nitrogens is 3. The van der Waals surface area contributed by atoms with Gasteiger partial charge in [0, 0.05) is 61.6 Å². The third-order valence-corrected chi connectivity index (χ3v) is 6.47. The van der Waals surface area contributed by atoms with Gasteiger partial charge in [0.15, 0.2) is 0 Å². The first kappa shape index (κ1) is 25.2. The van der Waals surface area contributed by atoms with Crippen LogP contribution in [0.4, 0.5) is 0 Å². The van der Waals surface area contributed by atoms with Gasteiger partial charge in [-0.05, 0) is 30.7 Å². The Bertz CT molecular complexity index is 1190. The molecule has 1 N–H and O–H groups in total. The number of carbonyl (C=O) groups is 2. The lowest BCUT2D eigenvalue weighted by atomic mass is 9.99. The lowest BCUT2D eigenvalue weighted by molar-refractivity contribution is -0.130. The molecule has 3 aromatic rings. The molecule has 3 aromatic heterocycles. The second-order valence-corrected chi connectivity index (χ2v) is 9.25. The molecule has 1 aliphatic rings. The number of likely N-dealkylation sites (N-methyl/N-ethyl adjacent to an activating group) is 1. The Kier molecular flexibility index (Phi) is 7.90. The molecule has 0 fully saturated rings. The summed E-state index contributed by atoms with van der Waals surface area (Å²) in [5.41, 5.74) is 2.72. The molecule has 9 heteroatoms. The molecule has 0 aromatic carbocycles. The number of carbonyl (C=O) groups excluding carboxylic acids is 2. The van der Waals surface area contributed by atoms with E-state index in [1.165, 1.54) is 0 Å². The Hall–Kier alpha value is -3.85. The maximum absolute atomic E-state index is 13.6. The van der Waals surface area contributed by atoms with Crippen LogP contribution in [0.1, 0.15) is 29.8 Å². The average molecular weight is 490 g/mol. The topological polar surface area (TPSA) is 109 Å². The molecule has 0 saturated heterocycles. The quantitative estimate of drug-likeness (QED) is 0.543. The first-order valence-corrected chi connectivity index (χ1v) is 12.0. The Morgan fingerprint density at radius 3 is 2.61 bits per heavy atom. The summed E-state index contributed by atoms with van der Waals surface area (Å²) in [6.45, 7) is 4.30. The number of amides is 2. The van der Waals surface area contributed by atoms with Gasteiger partial charge in [0.25, 0.3) is 5.91 Å². The van der Waals surface area contributed by atoms with Crippen molar-refractivity contribution in [2.24, 2.45) is 5.92 Å². The highest BCUT2D eigenvalue weighted by atomic mass is 16.5. The zero-order valence-electron chi connectivity index (χ0n) is 20.7. The highest BCUT2D eigenvalue weighted by molar-refractivity contribution is 5.98. The van der Waals surface area contributed by atoms with Gasteiger partial charge in [0.05, 0.1) is 25.6 Å². The summed E-state index contributed by atoms with van der Waals surface area (Å²) >= 11 is 0. The van der Waals surface area contributed by atoms with E-state index in [4.69, 9.17) is 4.74 Å². The number of aliphatic hydroxyl groups is 1. The number of hydrogen-bond acceptors (Lipinski definition) is 7. The van der Waals surface area contributed by atoms with Crippen molar-refractivity contribution in [3.8, 4) is 17.0 Å². The normalized spacial score (nSPS) is 18.4. The van der Waals surface area contributed by atoms with Crippen LogP contribution in [0.25, 0.3) is 11.1 Å². The van der Waals surface area contributed by atoms with Crippen LogP contribution >= 0.6 is 0 Å². The number of hydrogen-bond donors (Lipinski definition) is 1. The van der Waals surface area contributed by atoms with Crippen LogP contribution < -0.4 is 4.74 Å². The minimum atomic E-state index is -0.412. The van der Waals surface area contributed by atoms with Crippen LogP contribution in [0.15, 0.2) is 61.3 Å².